The van der Waals surface area contributed by atoms with E-state index < -0.39 is 30.5 Å². The van der Waals surface area contributed by atoms with Gasteiger partial charge < -0.3 is 9.84 Å². The average molecular weight is 293 g/mol. The van der Waals surface area contributed by atoms with E-state index in [1.165, 1.54) is 0 Å². The molecule has 1 aromatic rings. The molecule has 10 heteroatoms. The minimum atomic E-state index is -6.40. The first-order valence-corrected chi connectivity index (χ1v) is 4.57. The van der Waals surface area contributed by atoms with E-state index in [9.17, 15) is 30.7 Å². The summed E-state index contributed by atoms with van der Waals surface area (Å²) in [6.07, 6.45) is -5.66. The van der Waals surface area contributed by atoms with Crippen molar-refractivity contribution in [2.45, 2.75) is 18.0 Å². The summed E-state index contributed by atoms with van der Waals surface area (Å²) >= 11 is 0. The lowest BCUT2D eigenvalue weighted by atomic mass is 10.2. The molecule has 0 aliphatic rings. The van der Waals surface area contributed by atoms with Crippen LogP contribution in [0.1, 0.15) is 0 Å². The molecular weight excluding hydrogens is 287 g/mol. The quantitative estimate of drug-likeness (QED) is 0.868. The van der Waals surface area contributed by atoms with Crippen molar-refractivity contribution < 1.29 is 40.6 Å². The second kappa shape index (κ2) is 4.74. The third kappa shape index (κ3) is 3.18. The minimum absolute atomic E-state index is 0.361. The van der Waals surface area contributed by atoms with Gasteiger partial charge in [0.25, 0.3) is 0 Å². The fraction of sp³-hybridized carbons (Fsp3) is 0.444. The van der Waals surface area contributed by atoms with Gasteiger partial charge in [0.1, 0.15) is 5.75 Å². The Hall–Kier alpha value is -1.74. The summed E-state index contributed by atoms with van der Waals surface area (Å²) in [5.41, 5.74) is 0. The van der Waals surface area contributed by atoms with Gasteiger partial charge in [0.15, 0.2) is 6.61 Å². The highest BCUT2D eigenvalue weighted by molar-refractivity contribution is 5.21. The predicted molar refractivity (Wildman–Crippen MR) is 47.3 cm³/mol. The van der Waals surface area contributed by atoms with Crippen LogP contribution in [0.3, 0.4) is 0 Å². The Labute approximate surface area is 101 Å². The van der Waals surface area contributed by atoms with Gasteiger partial charge in [-0.1, -0.05) is 0 Å². The van der Waals surface area contributed by atoms with Gasteiger partial charge in [0.2, 0.25) is 5.88 Å². The molecule has 0 atom stereocenters. The smallest absolute Gasteiger partial charge is 0.460 e. The number of halogens is 7. The molecule has 0 bridgehead atoms. The van der Waals surface area contributed by atoms with Crippen LogP contribution in [0.5, 0.6) is 11.6 Å². The molecular formula is C9H6F7NO2. The summed E-state index contributed by atoms with van der Waals surface area (Å²) in [6.45, 7) is -2.21. The summed E-state index contributed by atoms with van der Waals surface area (Å²) in [5.74, 6) is -12.7. The molecule has 19 heavy (non-hydrogen) atoms. The second-order valence-corrected chi connectivity index (χ2v) is 3.42. The van der Waals surface area contributed by atoms with Crippen molar-refractivity contribution in [3.05, 3.63) is 18.3 Å². The van der Waals surface area contributed by atoms with E-state index in [1.807, 2.05) is 0 Å². The zero-order chi connectivity index (χ0) is 14.9. The Morgan fingerprint density at radius 1 is 1.05 bits per heavy atom. The van der Waals surface area contributed by atoms with Gasteiger partial charge in [-0.2, -0.15) is 30.7 Å². The summed E-state index contributed by atoms with van der Waals surface area (Å²) < 4.78 is 89.9. The molecule has 108 valence electrons. The fourth-order valence-electron chi connectivity index (χ4n) is 0.920. The molecule has 1 rings (SSSR count). The number of hydrogen-bond acceptors (Lipinski definition) is 3. The number of ether oxygens (including phenoxy) is 1. The average Bonchev–Trinajstić information content (AvgIpc) is 2.26. The largest absolute Gasteiger partial charge is 0.506 e. The van der Waals surface area contributed by atoms with Gasteiger partial charge in [-0.3, -0.25) is 0 Å². The van der Waals surface area contributed by atoms with Crippen LogP contribution in [0.15, 0.2) is 18.3 Å². The highest BCUT2D eigenvalue weighted by atomic mass is 19.4. The molecule has 0 radical (unpaired) electrons. The molecule has 0 unspecified atom stereocenters. The van der Waals surface area contributed by atoms with Crippen molar-refractivity contribution in [1.82, 2.24) is 4.98 Å². The van der Waals surface area contributed by atoms with Crippen LogP contribution in [0, 0.1) is 0 Å². The van der Waals surface area contributed by atoms with Crippen molar-refractivity contribution in [3.63, 3.8) is 0 Å². The van der Waals surface area contributed by atoms with E-state index in [-0.39, 0.29) is 5.75 Å². The number of rotatable bonds is 4. The van der Waals surface area contributed by atoms with E-state index in [2.05, 4.69) is 9.72 Å². The molecule has 1 N–H and O–H groups in total. The molecule has 3 nitrogen and oxygen atoms in total. The molecule has 0 fully saturated rings. The van der Waals surface area contributed by atoms with Gasteiger partial charge in [-0.05, 0) is 6.07 Å². The van der Waals surface area contributed by atoms with E-state index in [4.69, 9.17) is 5.11 Å². The zero-order valence-corrected chi connectivity index (χ0v) is 8.89. The van der Waals surface area contributed by atoms with Crippen molar-refractivity contribution in [3.8, 4) is 11.6 Å². The van der Waals surface area contributed by atoms with Crippen molar-refractivity contribution in [2.75, 3.05) is 6.61 Å². The number of aromatic hydroxyl groups is 1. The lowest BCUT2D eigenvalue weighted by molar-refractivity contribution is -0.358. The maximum absolute atomic E-state index is 12.8. The number of hydrogen-bond donors (Lipinski definition) is 1. The van der Waals surface area contributed by atoms with Gasteiger partial charge >= 0.3 is 18.0 Å². The third-order valence-corrected chi connectivity index (χ3v) is 1.94. The normalized spacial score (nSPS) is 13.4. The Balaban J connectivity index is 2.78. The van der Waals surface area contributed by atoms with Crippen LogP contribution in [0.25, 0.3) is 0 Å². The first kappa shape index (κ1) is 15.3. The van der Waals surface area contributed by atoms with Crippen LogP contribution < -0.4 is 4.74 Å². The highest BCUT2D eigenvalue weighted by Crippen LogP contribution is 2.46. The van der Waals surface area contributed by atoms with E-state index >= 15 is 0 Å². The maximum Gasteiger partial charge on any atom is 0.460 e. The number of aromatic nitrogens is 1. The lowest BCUT2D eigenvalue weighted by Crippen LogP contribution is -2.54. The summed E-state index contributed by atoms with van der Waals surface area (Å²) in [5, 5.41) is 8.79. The molecule has 0 aliphatic heterocycles. The van der Waals surface area contributed by atoms with Gasteiger partial charge in [-0.15, -0.1) is 0 Å². The molecule has 0 aliphatic carbocycles. The van der Waals surface area contributed by atoms with E-state index in [1.54, 1.807) is 0 Å². The van der Waals surface area contributed by atoms with Gasteiger partial charge in [0.05, 0.1) is 6.20 Å². The molecule has 0 saturated heterocycles. The van der Waals surface area contributed by atoms with E-state index in [0.717, 1.165) is 18.3 Å². The standard InChI is InChI=1S/C9H6F7NO2/c10-7(11,8(12,13)9(14,15)16)4-19-6-2-1-5(18)3-17-6/h1-3,18H,4H2. The van der Waals surface area contributed by atoms with Crippen LogP contribution in [-0.4, -0.2) is 34.7 Å². The van der Waals surface area contributed by atoms with Crippen LogP contribution >= 0.6 is 0 Å². The minimum Gasteiger partial charge on any atom is -0.506 e. The first-order chi connectivity index (χ1) is 8.47. The predicted octanol–water partition coefficient (Wildman–Crippen LogP) is 3.00. The molecule has 1 heterocycles. The molecule has 0 saturated carbocycles. The SMILES string of the molecule is Oc1ccc(OCC(F)(F)C(F)(F)C(F)(F)F)nc1. The lowest BCUT2D eigenvalue weighted by Gasteiger charge is -2.27. The summed E-state index contributed by atoms with van der Waals surface area (Å²) in [7, 11) is 0. The summed E-state index contributed by atoms with van der Waals surface area (Å²) in [4.78, 5) is 3.19. The fourth-order valence-corrected chi connectivity index (χ4v) is 0.920. The van der Waals surface area contributed by atoms with Gasteiger partial charge in [0, 0.05) is 6.07 Å². The Bertz CT molecular complexity index is 429. The summed E-state index contributed by atoms with van der Waals surface area (Å²) in [6, 6.07) is 1.76. The molecule has 0 aromatic carbocycles. The number of nitrogens with zero attached hydrogens (tertiary/aromatic N) is 1. The monoisotopic (exact) mass is 293 g/mol. The second-order valence-electron chi connectivity index (χ2n) is 3.42. The Kier molecular flexibility index (Phi) is 3.82. The van der Waals surface area contributed by atoms with Crippen molar-refractivity contribution in [1.29, 1.82) is 0 Å². The number of alkyl halides is 7. The van der Waals surface area contributed by atoms with Crippen LogP contribution in [0.2, 0.25) is 0 Å². The van der Waals surface area contributed by atoms with Crippen molar-refractivity contribution in [2.24, 2.45) is 0 Å². The third-order valence-electron chi connectivity index (χ3n) is 1.94. The molecule has 1 aromatic heterocycles. The van der Waals surface area contributed by atoms with Crippen LogP contribution in [-0.2, 0) is 0 Å². The number of pyridine rings is 1. The first-order valence-electron chi connectivity index (χ1n) is 4.57. The zero-order valence-electron chi connectivity index (χ0n) is 8.89. The maximum atomic E-state index is 12.8. The Morgan fingerprint density at radius 2 is 1.63 bits per heavy atom. The molecule has 0 amide bonds. The van der Waals surface area contributed by atoms with E-state index in [0.29, 0.717) is 0 Å². The Morgan fingerprint density at radius 3 is 2.05 bits per heavy atom. The van der Waals surface area contributed by atoms with Gasteiger partial charge in [-0.25, -0.2) is 4.98 Å². The topological polar surface area (TPSA) is 42.4 Å². The van der Waals surface area contributed by atoms with Crippen LogP contribution in [0.4, 0.5) is 30.7 Å². The molecule has 0 spiro atoms. The highest BCUT2D eigenvalue weighted by Gasteiger charge is 2.73. The van der Waals surface area contributed by atoms with Crippen molar-refractivity contribution >= 4 is 0 Å².